The predicted molar refractivity (Wildman–Crippen MR) is 151 cm³/mol. The summed E-state index contributed by atoms with van der Waals surface area (Å²) >= 11 is 0. The van der Waals surface area contributed by atoms with Crippen molar-refractivity contribution in [2.45, 2.75) is 24.7 Å². The van der Waals surface area contributed by atoms with Gasteiger partial charge in [0, 0.05) is 12.2 Å². The van der Waals surface area contributed by atoms with E-state index in [1.807, 2.05) is 0 Å². The lowest BCUT2D eigenvalue weighted by Gasteiger charge is -2.31. The summed E-state index contributed by atoms with van der Waals surface area (Å²) in [6, 6.07) is 16.8. The molecule has 0 saturated carbocycles. The van der Waals surface area contributed by atoms with Crippen LogP contribution in [0.25, 0.3) is 0 Å². The van der Waals surface area contributed by atoms with Gasteiger partial charge in [-0.3, -0.25) is 19.4 Å². The van der Waals surface area contributed by atoms with Crippen LogP contribution in [0.5, 0.6) is 11.5 Å². The molecule has 0 radical (unpaired) electrons. The lowest BCUT2D eigenvalue weighted by Crippen LogP contribution is -2.50. The molecule has 1 amide bonds. The Labute approximate surface area is 232 Å². The molecule has 0 saturated heterocycles. The van der Waals surface area contributed by atoms with Gasteiger partial charge in [-0.15, -0.1) is 0 Å². The van der Waals surface area contributed by atoms with Gasteiger partial charge in [-0.05, 0) is 60.0 Å². The van der Waals surface area contributed by atoms with E-state index >= 15 is 0 Å². The fourth-order valence-electron chi connectivity index (χ4n) is 3.94. The molecule has 0 bridgehead atoms. The quantitative estimate of drug-likeness (QED) is 0.121. The van der Waals surface area contributed by atoms with Gasteiger partial charge in [-0.25, -0.2) is 8.42 Å². The minimum atomic E-state index is -4.32. The summed E-state index contributed by atoms with van der Waals surface area (Å²) in [5.41, 5.74) is -0.0740. The van der Waals surface area contributed by atoms with Crippen LogP contribution in [0.4, 0.5) is 11.4 Å². The van der Waals surface area contributed by atoms with Crippen molar-refractivity contribution < 1.29 is 42.5 Å². The van der Waals surface area contributed by atoms with E-state index in [0.717, 1.165) is 6.26 Å². The fourth-order valence-corrected chi connectivity index (χ4v) is 5.18. The number of phenolic OH excluding ortho intramolecular Hbond substituents is 1. The Bertz CT molecular complexity index is 1510. The largest absolute Gasteiger partial charge is 0.506 e. The summed E-state index contributed by atoms with van der Waals surface area (Å²) in [7, 11) is -6.50. The van der Waals surface area contributed by atoms with Gasteiger partial charge in [-0.1, -0.05) is 30.3 Å². The van der Waals surface area contributed by atoms with Crippen LogP contribution >= 0.6 is 7.60 Å². The highest BCUT2D eigenvalue weighted by atomic mass is 32.2. The number of aliphatic hydroxyl groups is 1. The first kappa shape index (κ1) is 31.1. The Morgan fingerprint density at radius 3 is 2.35 bits per heavy atom. The molecule has 0 aliphatic rings. The number of phenols is 1. The van der Waals surface area contributed by atoms with Crippen LogP contribution < -0.4 is 20.1 Å². The molecule has 0 aliphatic carbocycles. The first-order chi connectivity index (χ1) is 18.6. The third-order valence-electron chi connectivity index (χ3n) is 6.04. The van der Waals surface area contributed by atoms with Crippen molar-refractivity contribution in [3.63, 3.8) is 0 Å². The smallest absolute Gasteiger partial charge is 0.329 e. The van der Waals surface area contributed by atoms with Crippen LogP contribution in [0.3, 0.4) is 0 Å². The molecular weight excluding hydrogens is 561 g/mol. The zero-order valence-electron chi connectivity index (χ0n) is 22.0. The number of aliphatic hydroxyl groups excluding tert-OH is 1. The SMILES string of the molecule is COc1ccc(C(C)(NCC(O)c2ccc(O)c(NS(C)(=O)=O)c2)C(=O)Nc2cccc(CP(=O)(O)O)c2)cc1. The van der Waals surface area contributed by atoms with Crippen molar-refractivity contribution in [2.24, 2.45) is 0 Å². The van der Waals surface area contributed by atoms with E-state index in [1.54, 1.807) is 43.3 Å². The standard InChI is InChI=1S/C26H32N3O9PS/c1-26(19-8-10-21(38-2)11-9-19,25(32)28-20-6-4-5-17(13-20)16-39(33,34)35)27-15-24(31)18-7-12-23(30)22(14-18)29-40(3,36)37/h4-14,24,27,29-31H,15-16H2,1-3H3,(H,28,32)(H2,33,34,35). The number of benzene rings is 3. The predicted octanol–water partition coefficient (Wildman–Crippen LogP) is 2.63. The van der Waals surface area contributed by atoms with Crippen molar-refractivity contribution in [2.75, 3.05) is 29.9 Å². The maximum atomic E-state index is 13.6. The number of anilines is 2. The number of aromatic hydroxyl groups is 1. The number of nitrogens with one attached hydrogen (secondary N) is 3. The van der Waals surface area contributed by atoms with E-state index in [9.17, 15) is 37.8 Å². The first-order valence-electron chi connectivity index (χ1n) is 11.9. The number of hydrogen-bond acceptors (Lipinski definition) is 8. The van der Waals surface area contributed by atoms with Crippen molar-refractivity contribution >= 4 is 34.9 Å². The molecule has 7 N–H and O–H groups in total. The fraction of sp³-hybridized carbons (Fsp3) is 0.269. The number of methoxy groups -OCH3 is 1. The van der Waals surface area contributed by atoms with Gasteiger partial charge >= 0.3 is 7.60 Å². The van der Waals surface area contributed by atoms with Crippen LogP contribution in [0.1, 0.15) is 29.7 Å². The highest BCUT2D eigenvalue weighted by Crippen LogP contribution is 2.39. The average molecular weight is 594 g/mol. The normalized spacial score (nSPS) is 14.2. The Kier molecular flexibility index (Phi) is 9.62. The number of ether oxygens (including phenoxy) is 1. The minimum Gasteiger partial charge on any atom is -0.506 e. The second-order valence-electron chi connectivity index (χ2n) is 9.38. The maximum Gasteiger partial charge on any atom is 0.329 e. The maximum absolute atomic E-state index is 13.6. The zero-order chi connectivity index (χ0) is 29.7. The molecule has 0 aromatic heterocycles. The summed E-state index contributed by atoms with van der Waals surface area (Å²) < 4.78 is 42.1. The second kappa shape index (κ2) is 12.4. The van der Waals surface area contributed by atoms with Gasteiger partial charge in [0.2, 0.25) is 15.9 Å². The Morgan fingerprint density at radius 1 is 1.07 bits per heavy atom. The average Bonchev–Trinajstić information content (AvgIpc) is 2.86. The number of sulfonamides is 1. The monoisotopic (exact) mass is 593 g/mol. The molecule has 12 nitrogen and oxygen atoms in total. The number of amides is 1. The molecular formula is C26H32N3O9PS. The first-order valence-corrected chi connectivity index (χ1v) is 15.6. The molecule has 0 heterocycles. The van der Waals surface area contributed by atoms with Crippen LogP contribution in [-0.4, -0.2) is 54.2 Å². The third kappa shape index (κ3) is 8.52. The van der Waals surface area contributed by atoms with Crippen LogP contribution in [0.2, 0.25) is 0 Å². The highest BCUT2D eigenvalue weighted by Gasteiger charge is 2.36. The molecule has 40 heavy (non-hydrogen) atoms. The number of carbonyl (C=O) groups excluding carboxylic acids is 1. The van der Waals surface area contributed by atoms with E-state index in [4.69, 9.17) is 4.74 Å². The molecule has 14 heteroatoms. The van der Waals surface area contributed by atoms with Gasteiger partial charge in [-0.2, -0.15) is 0 Å². The van der Waals surface area contributed by atoms with Gasteiger partial charge in [0.05, 0.1) is 31.3 Å². The molecule has 0 aliphatic heterocycles. The van der Waals surface area contributed by atoms with Crippen LogP contribution in [0, 0.1) is 0 Å². The van der Waals surface area contributed by atoms with Gasteiger partial charge in [0.1, 0.15) is 17.0 Å². The van der Waals surface area contributed by atoms with Crippen molar-refractivity contribution in [1.29, 1.82) is 0 Å². The van der Waals surface area contributed by atoms with Gasteiger partial charge < -0.3 is 30.1 Å². The second-order valence-corrected chi connectivity index (χ2v) is 12.8. The zero-order valence-corrected chi connectivity index (χ0v) is 23.7. The van der Waals surface area contributed by atoms with Gasteiger partial charge in [0.25, 0.3) is 0 Å². The summed E-state index contributed by atoms with van der Waals surface area (Å²) in [6.07, 6.45) is -0.768. The lowest BCUT2D eigenvalue weighted by molar-refractivity contribution is -0.122. The number of rotatable bonds is 12. The van der Waals surface area contributed by atoms with Crippen LogP contribution in [-0.2, 0) is 31.1 Å². The van der Waals surface area contributed by atoms with Crippen molar-refractivity contribution in [3.05, 3.63) is 83.4 Å². The van der Waals surface area contributed by atoms with Crippen molar-refractivity contribution in [3.8, 4) is 11.5 Å². The molecule has 3 aromatic carbocycles. The molecule has 2 atom stereocenters. The number of carbonyl (C=O) groups is 1. The van der Waals surface area contributed by atoms with E-state index in [1.165, 1.54) is 37.4 Å². The summed E-state index contributed by atoms with van der Waals surface area (Å²) in [4.78, 5) is 32.2. The summed E-state index contributed by atoms with van der Waals surface area (Å²) in [5.74, 6) is -0.284. The number of hydrogen-bond donors (Lipinski definition) is 7. The van der Waals surface area contributed by atoms with E-state index in [2.05, 4.69) is 15.4 Å². The Balaban J connectivity index is 1.88. The molecule has 2 unspecified atom stereocenters. The Morgan fingerprint density at radius 2 is 1.75 bits per heavy atom. The molecule has 0 spiro atoms. The van der Waals surface area contributed by atoms with Crippen molar-refractivity contribution in [1.82, 2.24) is 5.32 Å². The highest BCUT2D eigenvalue weighted by molar-refractivity contribution is 7.92. The summed E-state index contributed by atoms with van der Waals surface area (Å²) in [6.45, 7) is 1.45. The van der Waals surface area contributed by atoms with E-state index in [0.29, 0.717) is 22.6 Å². The Hall–Kier alpha value is -3.45. The topological polar surface area (TPSA) is 195 Å². The summed E-state index contributed by atoms with van der Waals surface area (Å²) in [5, 5.41) is 26.7. The molecule has 3 aromatic rings. The van der Waals surface area contributed by atoms with E-state index in [-0.39, 0.29) is 23.5 Å². The minimum absolute atomic E-state index is 0.107. The lowest BCUT2D eigenvalue weighted by atomic mass is 9.90. The third-order valence-corrected chi connectivity index (χ3v) is 7.41. The van der Waals surface area contributed by atoms with Gasteiger partial charge in [0.15, 0.2) is 0 Å². The molecule has 216 valence electrons. The van der Waals surface area contributed by atoms with Crippen LogP contribution in [0.15, 0.2) is 66.7 Å². The molecule has 3 rings (SSSR count). The molecule has 0 fully saturated rings. The van der Waals surface area contributed by atoms with E-state index < -0.39 is 41.3 Å².